The summed E-state index contributed by atoms with van der Waals surface area (Å²) in [5, 5.41) is 12.3. The monoisotopic (exact) mass is 280 g/mol. The SMILES string of the molecule is COc1ccccc1/C=N/n1nnc2ccccc2c1=O. The molecule has 1 aromatic heterocycles. The summed E-state index contributed by atoms with van der Waals surface area (Å²) < 4.78 is 5.22. The van der Waals surface area contributed by atoms with E-state index in [9.17, 15) is 4.79 Å². The first-order valence-electron chi connectivity index (χ1n) is 6.32. The molecule has 3 rings (SSSR count). The predicted molar refractivity (Wildman–Crippen MR) is 79.8 cm³/mol. The van der Waals surface area contributed by atoms with Crippen LogP contribution in [0.3, 0.4) is 0 Å². The number of nitrogens with zero attached hydrogens (tertiary/aromatic N) is 4. The topological polar surface area (TPSA) is 69.4 Å². The number of para-hydroxylation sites is 1. The summed E-state index contributed by atoms with van der Waals surface area (Å²) in [6.45, 7) is 0. The number of rotatable bonds is 3. The van der Waals surface area contributed by atoms with Crippen molar-refractivity contribution in [2.75, 3.05) is 7.11 Å². The average molecular weight is 280 g/mol. The maximum atomic E-state index is 12.2. The molecule has 0 radical (unpaired) electrons. The lowest BCUT2D eigenvalue weighted by atomic mass is 10.2. The van der Waals surface area contributed by atoms with Crippen molar-refractivity contribution >= 4 is 17.1 Å². The summed E-state index contributed by atoms with van der Waals surface area (Å²) in [7, 11) is 1.58. The molecule has 0 amide bonds. The van der Waals surface area contributed by atoms with Gasteiger partial charge in [-0.3, -0.25) is 4.79 Å². The molecule has 21 heavy (non-hydrogen) atoms. The minimum atomic E-state index is -0.313. The lowest BCUT2D eigenvalue weighted by Crippen LogP contribution is -2.20. The van der Waals surface area contributed by atoms with E-state index in [0.29, 0.717) is 16.7 Å². The minimum absolute atomic E-state index is 0.313. The van der Waals surface area contributed by atoms with Gasteiger partial charge in [-0.15, -0.1) is 5.10 Å². The molecule has 0 bridgehead atoms. The molecule has 1 heterocycles. The van der Waals surface area contributed by atoms with Gasteiger partial charge in [0.05, 0.1) is 18.7 Å². The van der Waals surface area contributed by atoms with Crippen LogP contribution in [0.1, 0.15) is 5.56 Å². The van der Waals surface area contributed by atoms with Crippen LogP contribution >= 0.6 is 0 Å². The van der Waals surface area contributed by atoms with Gasteiger partial charge in [0.2, 0.25) is 0 Å². The molecule has 3 aromatic rings. The van der Waals surface area contributed by atoms with Gasteiger partial charge in [-0.25, -0.2) is 0 Å². The first-order chi connectivity index (χ1) is 10.3. The van der Waals surface area contributed by atoms with Crippen LogP contribution in [0.5, 0.6) is 5.75 Å². The number of benzene rings is 2. The van der Waals surface area contributed by atoms with Crippen LogP contribution in [0.15, 0.2) is 58.4 Å². The fourth-order valence-electron chi connectivity index (χ4n) is 1.95. The van der Waals surface area contributed by atoms with Crippen molar-refractivity contribution < 1.29 is 4.74 Å². The van der Waals surface area contributed by atoms with Gasteiger partial charge >= 0.3 is 0 Å². The van der Waals surface area contributed by atoms with Crippen LogP contribution in [0.4, 0.5) is 0 Å². The number of fused-ring (bicyclic) bond motifs is 1. The van der Waals surface area contributed by atoms with E-state index in [1.54, 1.807) is 31.4 Å². The highest BCUT2D eigenvalue weighted by Crippen LogP contribution is 2.14. The molecule has 0 aliphatic heterocycles. The third-order valence-electron chi connectivity index (χ3n) is 3.00. The molecular weight excluding hydrogens is 268 g/mol. The first-order valence-corrected chi connectivity index (χ1v) is 6.32. The van der Waals surface area contributed by atoms with Gasteiger partial charge < -0.3 is 4.74 Å². The van der Waals surface area contributed by atoms with E-state index in [2.05, 4.69) is 15.4 Å². The molecule has 6 nitrogen and oxygen atoms in total. The van der Waals surface area contributed by atoms with Crippen molar-refractivity contribution in [3.05, 3.63) is 64.4 Å². The molecule has 0 fully saturated rings. The molecule has 104 valence electrons. The van der Waals surface area contributed by atoms with Crippen LogP contribution in [-0.2, 0) is 0 Å². The van der Waals surface area contributed by atoms with Gasteiger partial charge in [-0.05, 0) is 29.5 Å². The number of ether oxygens (including phenoxy) is 1. The zero-order valence-corrected chi connectivity index (χ0v) is 11.3. The first kappa shape index (κ1) is 13.0. The Morgan fingerprint density at radius 2 is 1.90 bits per heavy atom. The predicted octanol–water partition coefficient (Wildman–Crippen LogP) is 1.68. The van der Waals surface area contributed by atoms with Crippen molar-refractivity contribution in [3.8, 4) is 5.75 Å². The third-order valence-corrected chi connectivity index (χ3v) is 3.00. The van der Waals surface area contributed by atoms with E-state index >= 15 is 0 Å². The van der Waals surface area contributed by atoms with Gasteiger partial charge in [-0.2, -0.15) is 5.10 Å². The molecule has 0 saturated heterocycles. The van der Waals surface area contributed by atoms with E-state index in [0.717, 1.165) is 10.4 Å². The standard InChI is InChI=1S/C15H12N4O2/c1-21-14-9-5-2-6-11(14)10-16-19-15(20)12-7-3-4-8-13(12)17-18-19/h2-10H,1H3/b16-10+. The Kier molecular flexibility index (Phi) is 3.42. The smallest absolute Gasteiger partial charge is 0.299 e. The van der Waals surface area contributed by atoms with Crippen LogP contribution in [0.25, 0.3) is 10.9 Å². The van der Waals surface area contributed by atoms with E-state index in [1.807, 2.05) is 24.3 Å². The summed E-state index contributed by atoms with van der Waals surface area (Å²) in [6.07, 6.45) is 1.52. The molecule has 2 aromatic carbocycles. The highest BCUT2D eigenvalue weighted by molar-refractivity contribution is 5.83. The Hall–Kier alpha value is -3.02. The van der Waals surface area contributed by atoms with Crippen molar-refractivity contribution in [2.45, 2.75) is 0 Å². The summed E-state index contributed by atoms with van der Waals surface area (Å²) in [4.78, 5) is 13.2. The Morgan fingerprint density at radius 3 is 2.76 bits per heavy atom. The van der Waals surface area contributed by atoms with Gasteiger partial charge in [0, 0.05) is 5.56 Å². The molecule has 0 aliphatic carbocycles. The third kappa shape index (κ3) is 2.51. The normalized spacial score (nSPS) is 11.1. The molecule has 0 aliphatic rings. The molecular formula is C15H12N4O2. The maximum Gasteiger partial charge on any atom is 0.299 e. The number of aromatic nitrogens is 3. The Bertz CT molecular complexity index is 871. The summed E-state index contributed by atoms with van der Waals surface area (Å²) in [5.41, 5.74) is 0.986. The van der Waals surface area contributed by atoms with Gasteiger partial charge in [-0.1, -0.05) is 29.1 Å². The van der Waals surface area contributed by atoms with E-state index in [1.165, 1.54) is 6.21 Å². The Balaban J connectivity index is 2.04. The van der Waals surface area contributed by atoms with Gasteiger partial charge in [0.25, 0.3) is 5.56 Å². The summed E-state index contributed by atoms with van der Waals surface area (Å²) in [5.74, 6) is 0.669. The molecule has 0 N–H and O–H groups in total. The van der Waals surface area contributed by atoms with Crippen molar-refractivity contribution in [1.82, 2.24) is 15.1 Å². The van der Waals surface area contributed by atoms with Crippen LogP contribution in [-0.4, -0.2) is 28.4 Å². The second-order valence-corrected chi connectivity index (χ2v) is 4.29. The zero-order chi connectivity index (χ0) is 14.7. The van der Waals surface area contributed by atoms with Gasteiger partial charge in [0.15, 0.2) is 0 Å². The fourth-order valence-corrected chi connectivity index (χ4v) is 1.95. The van der Waals surface area contributed by atoms with Gasteiger partial charge in [0.1, 0.15) is 11.3 Å². The molecule has 0 saturated carbocycles. The Labute approximate surface area is 120 Å². The van der Waals surface area contributed by atoms with Crippen LogP contribution in [0.2, 0.25) is 0 Å². The molecule has 0 unspecified atom stereocenters. The largest absolute Gasteiger partial charge is 0.496 e. The van der Waals surface area contributed by atoms with Crippen molar-refractivity contribution in [3.63, 3.8) is 0 Å². The molecule has 0 spiro atoms. The quantitative estimate of drug-likeness (QED) is 0.684. The number of methoxy groups -OCH3 is 1. The highest BCUT2D eigenvalue weighted by Gasteiger charge is 2.04. The fraction of sp³-hybridized carbons (Fsp3) is 0.0667. The lowest BCUT2D eigenvalue weighted by molar-refractivity contribution is 0.414. The zero-order valence-electron chi connectivity index (χ0n) is 11.3. The second kappa shape index (κ2) is 5.54. The highest BCUT2D eigenvalue weighted by atomic mass is 16.5. The van der Waals surface area contributed by atoms with E-state index in [-0.39, 0.29) is 5.56 Å². The summed E-state index contributed by atoms with van der Waals surface area (Å²) in [6, 6.07) is 14.4. The van der Waals surface area contributed by atoms with E-state index in [4.69, 9.17) is 4.74 Å². The molecule has 6 heteroatoms. The number of hydrogen-bond acceptors (Lipinski definition) is 5. The minimum Gasteiger partial charge on any atom is -0.496 e. The van der Waals surface area contributed by atoms with Crippen molar-refractivity contribution in [1.29, 1.82) is 0 Å². The van der Waals surface area contributed by atoms with Crippen molar-refractivity contribution in [2.24, 2.45) is 5.10 Å². The number of hydrogen-bond donors (Lipinski definition) is 0. The maximum absolute atomic E-state index is 12.2. The summed E-state index contributed by atoms with van der Waals surface area (Å²) >= 11 is 0. The Morgan fingerprint density at radius 1 is 1.14 bits per heavy atom. The second-order valence-electron chi connectivity index (χ2n) is 4.29. The van der Waals surface area contributed by atoms with Crippen LogP contribution in [0, 0.1) is 0 Å². The lowest BCUT2D eigenvalue weighted by Gasteiger charge is -2.03. The van der Waals surface area contributed by atoms with E-state index < -0.39 is 0 Å². The van der Waals surface area contributed by atoms with Crippen LogP contribution < -0.4 is 10.3 Å². The average Bonchev–Trinajstić information content (AvgIpc) is 2.55. The molecule has 0 atom stereocenters.